The van der Waals surface area contributed by atoms with Crippen molar-refractivity contribution in [1.29, 1.82) is 0 Å². The van der Waals surface area contributed by atoms with Gasteiger partial charge in [0.15, 0.2) is 0 Å². The van der Waals surface area contributed by atoms with Crippen molar-refractivity contribution in [2.75, 3.05) is 13.1 Å². The predicted octanol–water partition coefficient (Wildman–Crippen LogP) is 3.35. The number of hydrogen-bond donors (Lipinski definition) is 1. The highest BCUT2D eigenvalue weighted by Gasteiger charge is 2.22. The molecule has 128 valence electrons. The first-order chi connectivity index (χ1) is 12.2. The molecule has 2 aromatic heterocycles. The van der Waals surface area contributed by atoms with E-state index in [2.05, 4.69) is 32.0 Å². The van der Waals surface area contributed by atoms with E-state index in [0.717, 1.165) is 19.5 Å². The van der Waals surface area contributed by atoms with Crippen LogP contribution in [0.5, 0.6) is 0 Å². The molecule has 0 saturated carbocycles. The Labute approximate surface area is 150 Å². The molecule has 0 amide bonds. The molecule has 3 aromatic rings. The van der Waals surface area contributed by atoms with Crippen molar-refractivity contribution in [3.63, 3.8) is 0 Å². The van der Waals surface area contributed by atoms with Gasteiger partial charge in [0.05, 0.1) is 17.4 Å². The monoisotopic (exact) mass is 354 g/mol. The molecular formula is C19H19ClN4O. The number of nitrogens with zero attached hydrogens (tertiary/aromatic N) is 3. The lowest BCUT2D eigenvalue weighted by molar-refractivity contribution is 0.196. The van der Waals surface area contributed by atoms with Crippen LogP contribution in [-0.4, -0.2) is 32.9 Å². The van der Waals surface area contributed by atoms with Crippen molar-refractivity contribution in [1.82, 2.24) is 19.9 Å². The van der Waals surface area contributed by atoms with Crippen LogP contribution in [0.4, 0.5) is 0 Å². The summed E-state index contributed by atoms with van der Waals surface area (Å²) < 4.78 is 0. The van der Waals surface area contributed by atoms with Gasteiger partial charge in [-0.15, -0.1) is 0 Å². The van der Waals surface area contributed by atoms with Gasteiger partial charge in [-0.1, -0.05) is 11.6 Å². The summed E-state index contributed by atoms with van der Waals surface area (Å²) in [5.74, 6) is 1.21. The highest BCUT2D eigenvalue weighted by atomic mass is 35.5. The SMILES string of the molecule is O=c1[nH]c(CN2CCCC(c3ccncc3)C2)nc2ccc(Cl)cc12. The number of piperidine rings is 1. The van der Waals surface area contributed by atoms with E-state index in [9.17, 15) is 4.79 Å². The minimum absolute atomic E-state index is 0.134. The molecule has 0 radical (unpaired) electrons. The summed E-state index contributed by atoms with van der Waals surface area (Å²) in [6.07, 6.45) is 6.02. The van der Waals surface area contributed by atoms with Crippen molar-refractivity contribution < 1.29 is 0 Å². The number of nitrogens with one attached hydrogen (secondary N) is 1. The summed E-state index contributed by atoms with van der Waals surface area (Å²) in [5, 5.41) is 1.08. The largest absolute Gasteiger partial charge is 0.309 e. The van der Waals surface area contributed by atoms with Crippen molar-refractivity contribution in [3.8, 4) is 0 Å². The number of rotatable bonds is 3. The van der Waals surface area contributed by atoms with Crippen LogP contribution in [0.15, 0.2) is 47.5 Å². The number of benzene rings is 1. The zero-order valence-electron chi connectivity index (χ0n) is 13.8. The van der Waals surface area contributed by atoms with Gasteiger partial charge in [0, 0.05) is 24.0 Å². The number of aromatic amines is 1. The Morgan fingerprint density at radius 2 is 2.08 bits per heavy atom. The first-order valence-corrected chi connectivity index (χ1v) is 8.87. The van der Waals surface area contributed by atoms with E-state index >= 15 is 0 Å². The Kier molecular flexibility index (Phi) is 4.51. The van der Waals surface area contributed by atoms with Gasteiger partial charge < -0.3 is 4.98 Å². The molecule has 1 aliphatic rings. The average molecular weight is 355 g/mol. The molecule has 3 heterocycles. The number of aromatic nitrogens is 3. The maximum Gasteiger partial charge on any atom is 0.258 e. The van der Waals surface area contributed by atoms with Gasteiger partial charge in [0.1, 0.15) is 5.82 Å². The minimum atomic E-state index is -0.134. The Balaban J connectivity index is 1.54. The Morgan fingerprint density at radius 3 is 2.92 bits per heavy atom. The average Bonchev–Trinajstić information content (AvgIpc) is 2.63. The Bertz CT molecular complexity index is 941. The van der Waals surface area contributed by atoms with Gasteiger partial charge in [0.25, 0.3) is 5.56 Å². The summed E-state index contributed by atoms with van der Waals surface area (Å²) in [6, 6.07) is 9.40. The van der Waals surface area contributed by atoms with E-state index in [1.807, 2.05) is 12.4 Å². The molecule has 0 bridgehead atoms. The maximum atomic E-state index is 12.3. The third kappa shape index (κ3) is 3.57. The van der Waals surface area contributed by atoms with Crippen LogP contribution in [-0.2, 0) is 6.54 Å². The fraction of sp³-hybridized carbons (Fsp3) is 0.316. The lowest BCUT2D eigenvalue weighted by Crippen LogP contribution is -2.35. The molecule has 4 rings (SSSR count). The zero-order valence-corrected chi connectivity index (χ0v) is 14.5. The molecule has 0 spiro atoms. The number of likely N-dealkylation sites (tertiary alicyclic amines) is 1. The molecular weight excluding hydrogens is 336 g/mol. The van der Waals surface area contributed by atoms with Crippen molar-refractivity contribution in [2.45, 2.75) is 25.3 Å². The minimum Gasteiger partial charge on any atom is -0.309 e. The van der Waals surface area contributed by atoms with E-state index in [0.29, 0.717) is 34.2 Å². The normalized spacial score (nSPS) is 18.5. The molecule has 6 heteroatoms. The summed E-state index contributed by atoms with van der Waals surface area (Å²) in [7, 11) is 0. The summed E-state index contributed by atoms with van der Waals surface area (Å²) in [4.78, 5) is 26.3. The van der Waals surface area contributed by atoms with Gasteiger partial charge in [0.2, 0.25) is 0 Å². The van der Waals surface area contributed by atoms with Crippen LogP contribution in [0.3, 0.4) is 0 Å². The summed E-state index contributed by atoms with van der Waals surface area (Å²) in [6.45, 7) is 2.63. The van der Waals surface area contributed by atoms with E-state index in [1.165, 1.54) is 12.0 Å². The molecule has 5 nitrogen and oxygen atoms in total. The molecule has 1 unspecified atom stereocenters. The van der Waals surface area contributed by atoms with Crippen molar-refractivity contribution in [3.05, 3.63) is 69.5 Å². The Hall–Kier alpha value is -2.24. The third-order valence-corrected chi connectivity index (χ3v) is 5.01. The molecule has 1 fully saturated rings. The second-order valence-corrected chi connectivity index (χ2v) is 6.97. The van der Waals surface area contributed by atoms with E-state index in [4.69, 9.17) is 11.6 Å². The van der Waals surface area contributed by atoms with E-state index in [1.54, 1.807) is 18.2 Å². The van der Waals surface area contributed by atoms with Crippen LogP contribution in [0.2, 0.25) is 5.02 Å². The van der Waals surface area contributed by atoms with Crippen molar-refractivity contribution in [2.24, 2.45) is 0 Å². The number of hydrogen-bond acceptors (Lipinski definition) is 4. The predicted molar refractivity (Wildman–Crippen MR) is 98.9 cm³/mol. The second-order valence-electron chi connectivity index (χ2n) is 6.53. The first-order valence-electron chi connectivity index (χ1n) is 8.50. The maximum absolute atomic E-state index is 12.3. The third-order valence-electron chi connectivity index (χ3n) is 4.77. The first kappa shape index (κ1) is 16.2. The molecule has 0 aliphatic carbocycles. The lowest BCUT2D eigenvalue weighted by atomic mass is 9.91. The number of H-pyrrole nitrogens is 1. The van der Waals surface area contributed by atoms with E-state index < -0.39 is 0 Å². The highest BCUT2D eigenvalue weighted by molar-refractivity contribution is 6.31. The van der Waals surface area contributed by atoms with Crippen LogP contribution in [0, 0.1) is 0 Å². The van der Waals surface area contributed by atoms with Crippen LogP contribution in [0.25, 0.3) is 10.9 Å². The molecule has 1 aromatic carbocycles. The number of pyridine rings is 1. The lowest BCUT2D eigenvalue weighted by Gasteiger charge is -2.32. The van der Waals surface area contributed by atoms with Crippen molar-refractivity contribution >= 4 is 22.5 Å². The standard InChI is InChI=1S/C19H19ClN4O/c20-15-3-4-17-16(10-15)19(25)23-18(22-17)12-24-9-1-2-14(11-24)13-5-7-21-8-6-13/h3-8,10,14H,1-2,9,11-12H2,(H,22,23,25). The van der Waals surface area contributed by atoms with Gasteiger partial charge in [-0.25, -0.2) is 4.98 Å². The molecule has 25 heavy (non-hydrogen) atoms. The van der Waals surface area contributed by atoms with Crippen LogP contribution < -0.4 is 5.56 Å². The molecule has 1 atom stereocenters. The number of fused-ring (bicyclic) bond motifs is 1. The number of halogens is 1. The molecule has 1 saturated heterocycles. The topological polar surface area (TPSA) is 61.9 Å². The Morgan fingerprint density at radius 1 is 1.24 bits per heavy atom. The summed E-state index contributed by atoms with van der Waals surface area (Å²) in [5.41, 5.74) is 1.88. The molecule has 1 aliphatic heterocycles. The van der Waals surface area contributed by atoms with Gasteiger partial charge >= 0.3 is 0 Å². The second kappa shape index (κ2) is 6.94. The van der Waals surface area contributed by atoms with Crippen LogP contribution >= 0.6 is 11.6 Å². The van der Waals surface area contributed by atoms with Crippen LogP contribution in [0.1, 0.15) is 30.1 Å². The van der Waals surface area contributed by atoms with E-state index in [-0.39, 0.29) is 5.56 Å². The fourth-order valence-corrected chi connectivity index (χ4v) is 3.72. The quantitative estimate of drug-likeness (QED) is 0.783. The van der Waals surface area contributed by atoms with Gasteiger partial charge in [-0.05, 0) is 61.2 Å². The smallest absolute Gasteiger partial charge is 0.258 e. The fourth-order valence-electron chi connectivity index (χ4n) is 3.55. The summed E-state index contributed by atoms with van der Waals surface area (Å²) >= 11 is 5.97. The van der Waals surface area contributed by atoms with Gasteiger partial charge in [-0.2, -0.15) is 0 Å². The molecule has 1 N–H and O–H groups in total. The highest BCUT2D eigenvalue weighted by Crippen LogP contribution is 2.27. The van der Waals surface area contributed by atoms with Gasteiger partial charge in [-0.3, -0.25) is 14.7 Å². The zero-order chi connectivity index (χ0) is 17.2.